The van der Waals surface area contributed by atoms with E-state index in [1.807, 2.05) is 62.8 Å². The average molecular weight is 506 g/mol. The molecule has 0 aliphatic carbocycles. The molecule has 196 valence electrons. The van der Waals surface area contributed by atoms with Crippen molar-refractivity contribution in [1.82, 2.24) is 29.6 Å². The van der Waals surface area contributed by atoms with Gasteiger partial charge in [-0.15, -0.1) is 0 Å². The Morgan fingerprint density at radius 1 is 0.973 bits per heavy atom. The highest BCUT2D eigenvalue weighted by atomic mass is 16.6. The zero-order chi connectivity index (χ0) is 26.8. The summed E-state index contributed by atoms with van der Waals surface area (Å²) in [6, 6.07) is 7.89. The predicted octanol–water partition coefficient (Wildman–Crippen LogP) is 5.94. The van der Waals surface area contributed by atoms with E-state index in [0.29, 0.717) is 11.7 Å². The smallest absolute Gasteiger partial charge is 0.329 e. The highest BCUT2D eigenvalue weighted by molar-refractivity contribution is 5.86. The van der Waals surface area contributed by atoms with Crippen molar-refractivity contribution in [3.05, 3.63) is 65.4 Å². The van der Waals surface area contributed by atoms with E-state index in [0.717, 1.165) is 42.4 Å². The molecule has 1 aliphatic rings. The number of rotatable bonds is 6. The Hall–Kier alpha value is -4.12. The highest BCUT2D eigenvalue weighted by Crippen LogP contribution is 2.29. The fourth-order valence-electron chi connectivity index (χ4n) is 3.95. The van der Waals surface area contributed by atoms with Crippen molar-refractivity contribution in [3.8, 4) is 0 Å². The minimum absolute atomic E-state index is 0.100. The number of aromatic nitrogens is 5. The summed E-state index contributed by atoms with van der Waals surface area (Å²) in [4.78, 5) is 25.9. The van der Waals surface area contributed by atoms with Gasteiger partial charge in [-0.05, 0) is 56.6 Å². The van der Waals surface area contributed by atoms with Crippen LogP contribution >= 0.6 is 0 Å². The first-order valence-corrected chi connectivity index (χ1v) is 12.7. The standard InChI is InChI=1S/C22H23N9O2.2C2H6/c1-29-8-5-19(6-9-29)30-14-18(12-25-30)27-22-24-13-20(31(32)33)21(28-22)26-17-3-2-15-4-7-23-11-16(15)10-17;2*1-2/h2-4,7,10-14,19H,5-6,8-9H2,1H3,(H2,24,26,27,28);2*1-2H3. The first kappa shape index (κ1) is 27.5. The Morgan fingerprint density at radius 2 is 1.73 bits per heavy atom. The number of anilines is 4. The van der Waals surface area contributed by atoms with E-state index in [1.165, 1.54) is 6.20 Å². The van der Waals surface area contributed by atoms with Gasteiger partial charge in [0.15, 0.2) is 0 Å². The monoisotopic (exact) mass is 505 g/mol. The summed E-state index contributed by atoms with van der Waals surface area (Å²) in [5, 5.41) is 24.1. The Balaban J connectivity index is 0.000000907. The second kappa shape index (κ2) is 13.3. The first-order valence-electron chi connectivity index (χ1n) is 12.7. The lowest BCUT2D eigenvalue weighted by Gasteiger charge is -2.28. The highest BCUT2D eigenvalue weighted by Gasteiger charge is 2.20. The van der Waals surface area contributed by atoms with Crippen LogP contribution in [0.5, 0.6) is 0 Å². The number of piperidine rings is 1. The summed E-state index contributed by atoms with van der Waals surface area (Å²) < 4.78 is 1.96. The lowest BCUT2D eigenvalue weighted by Crippen LogP contribution is -2.31. The maximum absolute atomic E-state index is 11.5. The molecule has 0 unspecified atom stereocenters. The molecule has 11 nitrogen and oxygen atoms in total. The third kappa shape index (κ3) is 6.98. The molecular formula is C26H35N9O2. The van der Waals surface area contributed by atoms with Crippen LogP contribution in [0.3, 0.4) is 0 Å². The minimum Gasteiger partial charge on any atom is -0.334 e. The third-order valence-electron chi connectivity index (χ3n) is 5.79. The molecule has 0 saturated carbocycles. The van der Waals surface area contributed by atoms with Gasteiger partial charge in [0, 0.05) is 29.7 Å². The minimum atomic E-state index is -0.507. The Bertz CT molecular complexity index is 1300. The molecule has 1 aromatic carbocycles. The molecule has 11 heteroatoms. The zero-order valence-electron chi connectivity index (χ0n) is 22.0. The van der Waals surface area contributed by atoms with Crippen LogP contribution in [0, 0.1) is 10.1 Å². The molecule has 2 N–H and O–H groups in total. The summed E-state index contributed by atoms with van der Waals surface area (Å²) in [6.45, 7) is 10.1. The number of benzene rings is 1. The summed E-state index contributed by atoms with van der Waals surface area (Å²) in [5.41, 5.74) is 1.18. The lowest BCUT2D eigenvalue weighted by atomic mass is 10.1. The summed E-state index contributed by atoms with van der Waals surface area (Å²) in [7, 11) is 2.12. The number of fused-ring (bicyclic) bond motifs is 1. The van der Waals surface area contributed by atoms with Crippen LogP contribution in [0.15, 0.2) is 55.2 Å². The summed E-state index contributed by atoms with van der Waals surface area (Å²) in [5.74, 6) is 0.344. The number of hydrogen-bond acceptors (Lipinski definition) is 9. The molecule has 0 spiro atoms. The fourth-order valence-corrected chi connectivity index (χ4v) is 3.95. The van der Waals surface area contributed by atoms with Crippen LogP contribution in [0.4, 0.5) is 28.8 Å². The Labute approximate surface area is 217 Å². The van der Waals surface area contributed by atoms with Crippen LogP contribution in [-0.4, -0.2) is 54.7 Å². The van der Waals surface area contributed by atoms with Gasteiger partial charge in [-0.25, -0.2) is 4.98 Å². The van der Waals surface area contributed by atoms with Crippen molar-refractivity contribution in [2.45, 2.75) is 46.6 Å². The second-order valence-electron chi connectivity index (χ2n) is 8.12. The Morgan fingerprint density at radius 3 is 2.46 bits per heavy atom. The third-order valence-corrected chi connectivity index (χ3v) is 5.79. The quantitative estimate of drug-likeness (QED) is 0.242. The molecule has 0 radical (unpaired) electrons. The Kier molecular flexibility index (Phi) is 9.84. The van der Waals surface area contributed by atoms with Crippen molar-refractivity contribution in [2.75, 3.05) is 30.8 Å². The van der Waals surface area contributed by atoms with Gasteiger partial charge in [-0.2, -0.15) is 10.1 Å². The molecule has 4 aromatic rings. The summed E-state index contributed by atoms with van der Waals surface area (Å²) in [6.07, 6.45) is 10.4. The molecule has 0 bridgehead atoms. The largest absolute Gasteiger partial charge is 0.334 e. The van der Waals surface area contributed by atoms with Gasteiger partial charge in [0.1, 0.15) is 6.20 Å². The molecule has 1 aliphatic heterocycles. The van der Waals surface area contributed by atoms with Crippen molar-refractivity contribution in [3.63, 3.8) is 0 Å². The maximum Gasteiger partial charge on any atom is 0.329 e. The lowest BCUT2D eigenvalue weighted by molar-refractivity contribution is -0.384. The van der Waals surface area contributed by atoms with E-state index in [9.17, 15) is 10.1 Å². The molecule has 0 amide bonds. The van der Waals surface area contributed by atoms with Crippen LogP contribution in [0.25, 0.3) is 10.8 Å². The number of nitro groups is 1. The van der Waals surface area contributed by atoms with Gasteiger partial charge in [0.25, 0.3) is 0 Å². The second-order valence-corrected chi connectivity index (χ2v) is 8.12. The average Bonchev–Trinajstić information content (AvgIpc) is 3.39. The predicted molar refractivity (Wildman–Crippen MR) is 148 cm³/mol. The normalized spacial score (nSPS) is 13.6. The van der Waals surface area contributed by atoms with E-state index >= 15 is 0 Å². The molecule has 4 heterocycles. The fraction of sp³-hybridized carbons (Fsp3) is 0.385. The van der Waals surface area contributed by atoms with E-state index in [-0.39, 0.29) is 17.5 Å². The van der Waals surface area contributed by atoms with Crippen LogP contribution in [-0.2, 0) is 0 Å². The first-order chi connectivity index (χ1) is 18.0. The van der Waals surface area contributed by atoms with Gasteiger partial charge in [0.2, 0.25) is 11.8 Å². The van der Waals surface area contributed by atoms with Gasteiger partial charge in [-0.1, -0.05) is 33.8 Å². The molecule has 5 rings (SSSR count). The van der Waals surface area contributed by atoms with Crippen molar-refractivity contribution >= 4 is 39.6 Å². The van der Waals surface area contributed by atoms with E-state index in [1.54, 1.807) is 18.6 Å². The topological polar surface area (TPSA) is 127 Å². The SMILES string of the molecule is CC.CC.CN1CCC(n2cc(Nc3ncc([N+](=O)[O-])c(Nc4ccc5ccncc5c4)n3)cn2)CC1. The molecule has 0 atom stereocenters. The van der Waals surface area contributed by atoms with Crippen molar-refractivity contribution in [1.29, 1.82) is 0 Å². The van der Waals surface area contributed by atoms with Gasteiger partial charge >= 0.3 is 5.69 Å². The number of pyridine rings is 1. The van der Waals surface area contributed by atoms with E-state index < -0.39 is 4.92 Å². The van der Waals surface area contributed by atoms with Gasteiger partial charge in [-0.3, -0.25) is 19.8 Å². The molecule has 1 saturated heterocycles. The molecule has 3 aromatic heterocycles. The summed E-state index contributed by atoms with van der Waals surface area (Å²) >= 11 is 0. The number of hydrogen-bond donors (Lipinski definition) is 2. The van der Waals surface area contributed by atoms with E-state index in [4.69, 9.17) is 0 Å². The number of nitrogens with one attached hydrogen (secondary N) is 2. The van der Waals surface area contributed by atoms with Crippen LogP contribution in [0.1, 0.15) is 46.6 Å². The maximum atomic E-state index is 11.5. The molecule has 1 fully saturated rings. The van der Waals surface area contributed by atoms with Crippen LogP contribution in [0.2, 0.25) is 0 Å². The van der Waals surface area contributed by atoms with E-state index in [2.05, 4.69) is 42.6 Å². The zero-order valence-corrected chi connectivity index (χ0v) is 22.0. The van der Waals surface area contributed by atoms with Crippen LogP contribution < -0.4 is 10.6 Å². The number of likely N-dealkylation sites (tertiary alicyclic amines) is 1. The van der Waals surface area contributed by atoms with Gasteiger partial charge < -0.3 is 15.5 Å². The van der Waals surface area contributed by atoms with Crippen molar-refractivity contribution in [2.24, 2.45) is 0 Å². The molecule has 37 heavy (non-hydrogen) atoms. The van der Waals surface area contributed by atoms with Crippen molar-refractivity contribution < 1.29 is 4.92 Å². The number of nitrogens with zero attached hydrogens (tertiary/aromatic N) is 7. The van der Waals surface area contributed by atoms with Gasteiger partial charge in [0.05, 0.1) is 22.8 Å². The molecular weight excluding hydrogens is 470 g/mol.